The average molecular weight is 281 g/mol. The van der Waals surface area contributed by atoms with E-state index in [1.807, 2.05) is 0 Å². The standard InChI is InChI=1S/C12H15N3O5/c1-20-11-3-2-7(15(18)19)4-9(11)14-12(17)10-5-8(16)6-13-10/h2-4,8,10,13,16H,5-6H2,1H3,(H,14,17). The molecule has 1 heterocycles. The first kappa shape index (κ1) is 14.2. The lowest BCUT2D eigenvalue weighted by Crippen LogP contribution is -2.35. The van der Waals surface area contributed by atoms with E-state index in [9.17, 15) is 20.0 Å². The molecule has 0 saturated carbocycles. The number of rotatable bonds is 4. The Labute approximate surface area is 114 Å². The minimum Gasteiger partial charge on any atom is -0.495 e. The van der Waals surface area contributed by atoms with Crippen LogP contribution in [0.4, 0.5) is 11.4 Å². The van der Waals surface area contributed by atoms with Crippen molar-refractivity contribution in [3.8, 4) is 5.75 Å². The third-order valence-corrected chi connectivity index (χ3v) is 3.08. The molecule has 1 aliphatic heterocycles. The summed E-state index contributed by atoms with van der Waals surface area (Å²) >= 11 is 0. The number of aliphatic hydroxyl groups excluding tert-OH is 1. The molecule has 2 atom stereocenters. The van der Waals surface area contributed by atoms with Crippen molar-refractivity contribution < 1.29 is 19.6 Å². The molecule has 0 aromatic heterocycles. The molecule has 0 spiro atoms. The molecule has 0 radical (unpaired) electrons. The van der Waals surface area contributed by atoms with Gasteiger partial charge in [-0.3, -0.25) is 14.9 Å². The minimum atomic E-state index is -0.558. The molecule has 1 fully saturated rings. The van der Waals surface area contributed by atoms with Gasteiger partial charge in [-0.15, -0.1) is 0 Å². The largest absolute Gasteiger partial charge is 0.495 e. The molecule has 1 amide bonds. The van der Waals surface area contributed by atoms with E-state index in [0.717, 1.165) is 0 Å². The van der Waals surface area contributed by atoms with Crippen molar-refractivity contribution in [2.24, 2.45) is 0 Å². The molecule has 2 unspecified atom stereocenters. The fourth-order valence-corrected chi connectivity index (χ4v) is 2.04. The van der Waals surface area contributed by atoms with Gasteiger partial charge in [0.15, 0.2) is 0 Å². The van der Waals surface area contributed by atoms with Crippen molar-refractivity contribution in [1.29, 1.82) is 0 Å². The molecule has 20 heavy (non-hydrogen) atoms. The van der Waals surface area contributed by atoms with Crippen LogP contribution in [0.3, 0.4) is 0 Å². The van der Waals surface area contributed by atoms with Crippen LogP contribution >= 0.6 is 0 Å². The zero-order valence-electron chi connectivity index (χ0n) is 10.8. The van der Waals surface area contributed by atoms with Gasteiger partial charge in [-0.25, -0.2) is 0 Å². The van der Waals surface area contributed by atoms with Gasteiger partial charge in [0.25, 0.3) is 5.69 Å². The zero-order valence-corrected chi connectivity index (χ0v) is 10.8. The summed E-state index contributed by atoms with van der Waals surface area (Å²) in [5.74, 6) is -0.0251. The van der Waals surface area contributed by atoms with Crippen LogP contribution in [0.1, 0.15) is 6.42 Å². The summed E-state index contributed by atoms with van der Waals surface area (Å²) < 4.78 is 5.06. The van der Waals surface area contributed by atoms with Gasteiger partial charge in [0.1, 0.15) is 5.75 Å². The van der Waals surface area contributed by atoms with Crippen molar-refractivity contribution in [2.75, 3.05) is 19.0 Å². The molecule has 8 heteroatoms. The number of nitrogens with one attached hydrogen (secondary N) is 2. The number of hydrogen-bond acceptors (Lipinski definition) is 6. The Morgan fingerprint density at radius 2 is 2.35 bits per heavy atom. The predicted octanol–water partition coefficient (Wildman–Crippen LogP) is 0.265. The van der Waals surface area contributed by atoms with Crippen molar-refractivity contribution in [1.82, 2.24) is 5.32 Å². The maximum Gasteiger partial charge on any atom is 0.271 e. The Morgan fingerprint density at radius 3 is 2.90 bits per heavy atom. The molecule has 2 rings (SSSR count). The van der Waals surface area contributed by atoms with Crippen LogP contribution in [0.25, 0.3) is 0 Å². The third-order valence-electron chi connectivity index (χ3n) is 3.08. The SMILES string of the molecule is COc1ccc([N+](=O)[O-])cc1NC(=O)C1CC(O)CN1. The fourth-order valence-electron chi connectivity index (χ4n) is 2.04. The van der Waals surface area contributed by atoms with Gasteiger partial charge >= 0.3 is 0 Å². The lowest BCUT2D eigenvalue weighted by atomic mass is 10.2. The highest BCUT2D eigenvalue weighted by Crippen LogP contribution is 2.29. The molecule has 108 valence electrons. The number of nitro groups is 1. The summed E-state index contributed by atoms with van der Waals surface area (Å²) in [5, 5.41) is 25.6. The number of amides is 1. The van der Waals surface area contributed by atoms with Crippen molar-refractivity contribution in [3.63, 3.8) is 0 Å². The van der Waals surface area contributed by atoms with Crippen LogP contribution in [0.2, 0.25) is 0 Å². The first-order chi connectivity index (χ1) is 9.51. The number of ether oxygens (including phenoxy) is 1. The first-order valence-corrected chi connectivity index (χ1v) is 6.06. The van der Waals surface area contributed by atoms with E-state index in [4.69, 9.17) is 4.74 Å². The van der Waals surface area contributed by atoms with Gasteiger partial charge in [-0.05, 0) is 12.5 Å². The van der Waals surface area contributed by atoms with Crippen LogP contribution in [-0.4, -0.2) is 41.7 Å². The van der Waals surface area contributed by atoms with E-state index in [1.165, 1.54) is 25.3 Å². The van der Waals surface area contributed by atoms with E-state index in [-0.39, 0.29) is 17.3 Å². The van der Waals surface area contributed by atoms with Crippen LogP contribution < -0.4 is 15.4 Å². The van der Waals surface area contributed by atoms with Crippen LogP contribution in [0.5, 0.6) is 5.75 Å². The number of aliphatic hydroxyl groups is 1. The molecular weight excluding hydrogens is 266 g/mol. The Balaban J connectivity index is 2.16. The predicted molar refractivity (Wildman–Crippen MR) is 70.7 cm³/mol. The lowest BCUT2D eigenvalue weighted by Gasteiger charge is -2.13. The van der Waals surface area contributed by atoms with E-state index < -0.39 is 17.1 Å². The summed E-state index contributed by atoms with van der Waals surface area (Å²) in [5.41, 5.74) is 0.0930. The van der Waals surface area contributed by atoms with Crippen molar-refractivity contribution in [2.45, 2.75) is 18.6 Å². The number of β-amino-alcohol motifs (C(OH)–C–C–N with tert-alkyl or cyclic N) is 1. The Morgan fingerprint density at radius 1 is 1.60 bits per heavy atom. The average Bonchev–Trinajstić information content (AvgIpc) is 2.85. The number of carbonyl (C=O) groups is 1. The summed E-state index contributed by atoms with van der Waals surface area (Å²) in [6.45, 7) is 0.351. The summed E-state index contributed by atoms with van der Waals surface area (Å²) in [6.07, 6.45) is -0.249. The maximum atomic E-state index is 12.0. The van der Waals surface area contributed by atoms with E-state index >= 15 is 0 Å². The number of methoxy groups -OCH3 is 1. The molecule has 0 bridgehead atoms. The summed E-state index contributed by atoms with van der Waals surface area (Å²) in [6, 6.07) is 3.44. The highest BCUT2D eigenvalue weighted by atomic mass is 16.6. The smallest absolute Gasteiger partial charge is 0.271 e. The van der Waals surface area contributed by atoms with Gasteiger partial charge < -0.3 is 20.5 Å². The molecule has 3 N–H and O–H groups in total. The van der Waals surface area contributed by atoms with Gasteiger partial charge in [-0.1, -0.05) is 0 Å². The topological polar surface area (TPSA) is 114 Å². The van der Waals surface area contributed by atoms with Gasteiger partial charge in [-0.2, -0.15) is 0 Å². The van der Waals surface area contributed by atoms with Crippen molar-refractivity contribution in [3.05, 3.63) is 28.3 Å². The summed E-state index contributed by atoms with van der Waals surface area (Å²) in [7, 11) is 1.41. The van der Waals surface area contributed by atoms with Crippen LogP contribution in [0.15, 0.2) is 18.2 Å². The minimum absolute atomic E-state index is 0.138. The molecule has 1 aromatic carbocycles. The second-order valence-electron chi connectivity index (χ2n) is 4.48. The first-order valence-electron chi connectivity index (χ1n) is 6.06. The Hall–Kier alpha value is -2.19. The molecule has 8 nitrogen and oxygen atoms in total. The number of anilines is 1. The van der Waals surface area contributed by atoms with Gasteiger partial charge in [0.05, 0.1) is 29.9 Å². The fraction of sp³-hybridized carbons (Fsp3) is 0.417. The molecule has 1 aromatic rings. The number of nitro benzene ring substituents is 1. The third kappa shape index (κ3) is 3.03. The highest BCUT2D eigenvalue weighted by molar-refractivity contribution is 5.96. The van der Waals surface area contributed by atoms with E-state index in [0.29, 0.717) is 18.7 Å². The maximum absolute atomic E-state index is 12.0. The van der Waals surface area contributed by atoms with Crippen LogP contribution in [0, 0.1) is 10.1 Å². The van der Waals surface area contributed by atoms with E-state index in [2.05, 4.69) is 10.6 Å². The lowest BCUT2D eigenvalue weighted by molar-refractivity contribution is -0.384. The normalized spacial score (nSPS) is 21.5. The zero-order chi connectivity index (χ0) is 14.7. The Kier molecular flexibility index (Phi) is 4.16. The highest BCUT2D eigenvalue weighted by Gasteiger charge is 2.28. The molecular formula is C12H15N3O5. The second-order valence-corrected chi connectivity index (χ2v) is 4.48. The quantitative estimate of drug-likeness (QED) is 0.539. The van der Waals surface area contributed by atoms with Crippen LogP contribution in [-0.2, 0) is 4.79 Å². The van der Waals surface area contributed by atoms with Gasteiger partial charge in [0, 0.05) is 18.7 Å². The number of carbonyl (C=O) groups excluding carboxylic acids is 1. The number of hydrogen-bond donors (Lipinski definition) is 3. The summed E-state index contributed by atoms with van der Waals surface area (Å²) in [4.78, 5) is 22.2. The molecule has 1 aliphatic rings. The molecule has 1 saturated heterocycles. The monoisotopic (exact) mass is 281 g/mol. The second kappa shape index (κ2) is 5.85. The van der Waals surface area contributed by atoms with E-state index in [1.54, 1.807) is 0 Å². The number of nitrogens with zero attached hydrogens (tertiary/aromatic N) is 1. The molecule has 0 aliphatic carbocycles. The number of benzene rings is 1. The van der Waals surface area contributed by atoms with Gasteiger partial charge in [0.2, 0.25) is 5.91 Å². The Bertz CT molecular complexity index is 534. The number of non-ortho nitro benzene ring substituents is 1. The van der Waals surface area contributed by atoms with Crippen molar-refractivity contribution >= 4 is 17.3 Å².